The quantitative estimate of drug-likeness (QED) is 0.537. The summed E-state index contributed by atoms with van der Waals surface area (Å²) >= 11 is 0. The van der Waals surface area contributed by atoms with Crippen molar-refractivity contribution < 1.29 is 23.8 Å². The Balaban J connectivity index is 1.88. The number of anilines is 1. The van der Waals surface area contributed by atoms with Gasteiger partial charge in [-0.3, -0.25) is 9.59 Å². The second kappa shape index (κ2) is 9.79. The summed E-state index contributed by atoms with van der Waals surface area (Å²) in [4.78, 5) is 29.0. The number of aryl methyl sites for hydroxylation is 1. The number of methoxy groups -OCH3 is 3. The number of nitrogens with one attached hydrogen (secondary N) is 2. The molecule has 0 saturated heterocycles. The van der Waals surface area contributed by atoms with Crippen LogP contribution in [0.3, 0.4) is 0 Å². The molecule has 0 radical (unpaired) electrons. The third kappa shape index (κ3) is 4.85. The van der Waals surface area contributed by atoms with E-state index in [-0.39, 0.29) is 11.8 Å². The Labute approximate surface area is 179 Å². The first kappa shape index (κ1) is 21.9. The summed E-state index contributed by atoms with van der Waals surface area (Å²) in [7, 11) is 6.08. The molecule has 0 atom stereocenters. The fraction of sp³-hybridized carbons (Fsp3) is 0.333. The number of hydrogen-bond donors (Lipinski definition) is 2. The highest BCUT2D eigenvalue weighted by Crippen LogP contribution is 2.38. The third-order valence-electron chi connectivity index (χ3n) is 4.70. The lowest BCUT2D eigenvalue weighted by atomic mass is 10.1. The zero-order valence-corrected chi connectivity index (χ0v) is 17.9. The maximum Gasteiger partial charge on any atom is 0.257 e. The number of rotatable bonds is 9. The molecule has 3 rings (SSSR count). The number of ether oxygens (including phenoxy) is 3. The molecule has 1 aromatic carbocycles. The number of carbonyl (C=O) groups excluding carboxylic acids is 2. The lowest BCUT2D eigenvalue weighted by Crippen LogP contribution is -2.18. The van der Waals surface area contributed by atoms with Gasteiger partial charge < -0.3 is 24.8 Å². The van der Waals surface area contributed by atoms with Crippen LogP contribution in [0.5, 0.6) is 17.2 Å². The highest BCUT2D eigenvalue weighted by molar-refractivity contribution is 6.04. The predicted octanol–water partition coefficient (Wildman–Crippen LogP) is 2.08. The molecule has 0 saturated carbocycles. The van der Waals surface area contributed by atoms with Gasteiger partial charge in [-0.15, -0.1) is 0 Å². The van der Waals surface area contributed by atoms with Gasteiger partial charge in [-0.25, -0.2) is 4.98 Å². The van der Waals surface area contributed by atoms with Gasteiger partial charge in [-0.2, -0.15) is 9.61 Å². The molecule has 0 aliphatic heterocycles. The van der Waals surface area contributed by atoms with Crippen molar-refractivity contribution >= 4 is 23.3 Å². The maximum atomic E-state index is 13.0. The second-order valence-corrected chi connectivity index (χ2v) is 6.63. The molecule has 0 aliphatic rings. The van der Waals surface area contributed by atoms with Crippen molar-refractivity contribution in [2.24, 2.45) is 0 Å². The van der Waals surface area contributed by atoms with Gasteiger partial charge in [0, 0.05) is 36.9 Å². The summed E-state index contributed by atoms with van der Waals surface area (Å²) in [6, 6.07) is 6.64. The Bertz CT molecular complexity index is 1070. The van der Waals surface area contributed by atoms with E-state index in [0.717, 1.165) is 5.69 Å². The third-order valence-corrected chi connectivity index (χ3v) is 4.70. The van der Waals surface area contributed by atoms with E-state index in [4.69, 9.17) is 14.2 Å². The molecule has 31 heavy (non-hydrogen) atoms. The molecule has 10 nitrogen and oxygen atoms in total. The van der Waals surface area contributed by atoms with Crippen molar-refractivity contribution in [3.63, 3.8) is 0 Å². The summed E-state index contributed by atoms with van der Waals surface area (Å²) in [5, 5.41) is 9.70. The summed E-state index contributed by atoms with van der Waals surface area (Å²) < 4.78 is 17.5. The van der Waals surface area contributed by atoms with Crippen molar-refractivity contribution in [1.82, 2.24) is 19.9 Å². The van der Waals surface area contributed by atoms with Gasteiger partial charge in [0.25, 0.3) is 5.91 Å². The minimum absolute atomic E-state index is 0.0265. The Morgan fingerprint density at radius 1 is 1.06 bits per heavy atom. The van der Waals surface area contributed by atoms with Crippen molar-refractivity contribution in [1.29, 1.82) is 0 Å². The molecule has 0 unspecified atom stereocenters. The molecule has 0 fully saturated rings. The van der Waals surface area contributed by atoms with Crippen LogP contribution in [0.15, 0.2) is 30.5 Å². The summed E-state index contributed by atoms with van der Waals surface area (Å²) in [6.07, 6.45) is 3.22. The van der Waals surface area contributed by atoms with Crippen LogP contribution in [0.2, 0.25) is 0 Å². The Kier molecular flexibility index (Phi) is 6.91. The predicted molar refractivity (Wildman–Crippen MR) is 114 cm³/mol. The fourth-order valence-electron chi connectivity index (χ4n) is 3.14. The molecule has 164 valence electrons. The van der Waals surface area contributed by atoms with Crippen LogP contribution in [-0.2, 0) is 11.2 Å². The lowest BCUT2D eigenvalue weighted by Gasteiger charge is -2.14. The minimum Gasteiger partial charge on any atom is -0.493 e. The SMILES string of the molecule is CNC(=O)CCCc1cc(NC(=O)c2cc(OC)c(OC)c(OC)c2)n2nccc2n1. The topological polar surface area (TPSA) is 116 Å². The highest BCUT2D eigenvalue weighted by Gasteiger charge is 2.18. The summed E-state index contributed by atoms with van der Waals surface area (Å²) in [5.74, 6) is 1.21. The zero-order valence-electron chi connectivity index (χ0n) is 17.9. The highest BCUT2D eigenvalue weighted by atomic mass is 16.5. The van der Waals surface area contributed by atoms with E-state index in [1.165, 1.54) is 25.8 Å². The molecule has 2 heterocycles. The first-order valence-electron chi connectivity index (χ1n) is 9.66. The van der Waals surface area contributed by atoms with Crippen LogP contribution >= 0.6 is 0 Å². The maximum absolute atomic E-state index is 13.0. The summed E-state index contributed by atoms with van der Waals surface area (Å²) in [6.45, 7) is 0. The fourth-order valence-corrected chi connectivity index (χ4v) is 3.14. The number of nitrogens with zero attached hydrogens (tertiary/aromatic N) is 3. The molecule has 10 heteroatoms. The lowest BCUT2D eigenvalue weighted by molar-refractivity contribution is -0.120. The smallest absolute Gasteiger partial charge is 0.257 e. The normalized spacial score (nSPS) is 10.6. The van der Waals surface area contributed by atoms with E-state index in [1.807, 2.05) is 0 Å². The number of amides is 2. The molecular weight excluding hydrogens is 402 g/mol. The average molecular weight is 427 g/mol. The van der Waals surface area contributed by atoms with Crippen molar-refractivity contribution in [3.8, 4) is 17.2 Å². The van der Waals surface area contributed by atoms with E-state index in [0.29, 0.717) is 53.5 Å². The van der Waals surface area contributed by atoms with E-state index in [9.17, 15) is 9.59 Å². The van der Waals surface area contributed by atoms with Crippen LogP contribution in [0.1, 0.15) is 28.9 Å². The number of aromatic nitrogens is 3. The first-order chi connectivity index (χ1) is 15.0. The second-order valence-electron chi connectivity index (χ2n) is 6.63. The Morgan fingerprint density at radius 2 is 1.77 bits per heavy atom. The Morgan fingerprint density at radius 3 is 2.39 bits per heavy atom. The van der Waals surface area contributed by atoms with Gasteiger partial charge >= 0.3 is 0 Å². The Hall–Kier alpha value is -3.82. The van der Waals surface area contributed by atoms with Crippen molar-refractivity contribution in [2.45, 2.75) is 19.3 Å². The molecule has 0 spiro atoms. The van der Waals surface area contributed by atoms with Crippen LogP contribution in [-0.4, -0.2) is 54.8 Å². The minimum atomic E-state index is -0.376. The van der Waals surface area contributed by atoms with Crippen LogP contribution in [0.4, 0.5) is 5.82 Å². The molecule has 2 aromatic heterocycles. The van der Waals surface area contributed by atoms with Gasteiger partial charge in [0.2, 0.25) is 11.7 Å². The number of carbonyl (C=O) groups is 2. The first-order valence-corrected chi connectivity index (χ1v) is 9.66. The van der Waals surface area contributed by atoms with E-state index in [2.05, 4.69) is 20.7 Å². The molecular formula is C21H25N5O5. The van der Waals surface area contributed by atoms with Gasteiger partial charge in [0.1, 0.15) is 5.82 Å². The van der Waals surface area contributed by atoms with Gasteiger partial charge in [0.15, 0.2) is 17.1 Å². The zero-order chi connectivity index (χ0) is 22.4. The van der Waals surface area contributed by atoms with E-state index >= 15 is 0 Å². The molecule has 0 bridgehead atoms. The van der Waals surface area contributed by atoms with Crippen molar-refractivity contribution in [2.75, 3.05) is 33.7 Å². The number of fused-ring (bicyclic) bond motifs is 1. The summed E-state index contributed by atoms with van der Waals surface area (Å²) in [5.41, 5.74) is 1.67. The van der Waals surface area contributed by atoms with E-state index in [1.54, 1.807) is 37.5 Å². The number of hydrogen-bond acceptors (Lipinski definition) is 7. The molecule has 2 N–H and O–H groups in total. The largest absolute Gasteiger partial charge is 0.493 e. The van der Waals surface area contributed by atoms with Crippen molar-refractivity contribution in [3.05, 3.63) is 41.7 Å². The van der Waals surface area contributed by atoms with Crippen LogP contribution < -0.4 is 24.8 Å². The molecule has 2 amide bonds. The van der Waals surface area contributed by atoms with Gasteiger partial charge in [0.05, 0.1) is 27.5 Å². The van der Waals surface area contributed by atoms with Crippen LogP contribution in [0.25, 0.3) is 5.65 Å². The number of benzene rings is 1. The van der Waals surface area contributed by atoms with Gasteiger partial charge in [-0.1, -0.05) is 0 Å². The molecule has 0 aliphatic carbocycles. The van der Waals surface area contributed by atoms with E-state index < -0.39 is 0 Å². The van der Waals surface area contributed by atoms with Gasteiger partial charge in [-0.05, 0) is 25.0 Å². The molecule has 3 aromatic rings. The standard InChI is InChI=1S/C21H25N5O5/c1-22-19(27)7-5-6-14-12-18(26-17(24-14)8-9-23-26)25-21(28)13-10-15(29-2)20(31-4)16(11-13)30-3/h8-12H,5-7H2,1-4H3,(H,22,27)(H,25,28). The average Bonchev–Trinajstić information content (AvgIpc) is 3.26. The van der Waals surface area contributed by atoms with Crippen LogP contribution in [0, 0.1) is 0 Å². The monoisotopic (exact) mass is 427 g/mol.